The minimum Gasteiger partial charge on any atom is -0.494 e. The van der Waals surface area contributed by atoms with Crippen LogP contribution in [0.15, 0.2) is 55.2 Å². The van der Waals surface area contributed by atoms with Crippen LogP contribution in [-0.4, -0.2) is 24.6 Å². The number of hydrogen-bond donors (Lipinski definition) is 1. The molecule has 4 rings (SSSR count). The summed E-state index contributed by atoms with van der Waals surface area (Å²) >= 11 is 0. The molecule has 1 N–H and O–H groups in total. The van der Waals surface area contributed by atoms with Gasteiger partial charge in [-0.25, -0.2) is 0 Å². The van der Waals surface area contributed by atoms with Crippen molar-refractivity contribution < 1.29 is 5.11 Å². The molecule has 0 radical (unpaired) electrons. The Morgan fingerprint density at radius 3 is 2.62 bits per heavy atom. The van der Waals surface area contributed by atoms with Gasteiger partial charge in [-0.2, -0.15) is 0 Å². The van der Waals surface area contributed by atoms with Crippen molar-refractivity contribution in [3.8, 4) is 17.0 Å². The predicted molar refractivity (Wildman–Crippen MR) is 102 cm³/mol. The summed E-state index contributed by atoms with van der Waals surface area (Å²) in [5.74, 6) is 0.240. The van der Waals surface area contributed by atoms with E-state index in [-0.39, 0.29) is 5.88 Å². The summed E-state index contributed by atoms with van der Waals surface area (Å²) in [5, 5.41) is 11.6. The van der Waals surface area contributed by atoms with Crippen LogP contribution < -0.4 is 0 Å². The van der Waals surface area contributed by atoms with E-state index in [9.17, 15) is 5.11 Å². The number of rotatable bonds is 4. The highest BCUT2D eigenvalue weighted by molar-refractivity contribution is 5.98. The minimum atomic E-state index is 0.240. The van der Waals surface area contributed by atoms with Crippen molar-refractivity contribution in [3.05, 3.63) is 72.1 Å². The second kappa shape index (κ2) is 6.59. The van der Waals surface area contributed by atoms with E-state index in [2.05, 4.69) is 27.9 Å². The minimum absolute atomic E-state index is 0.240. The highest BCUT2D eigenvalue weighted by Gasteiger charge is 2.15. The highest BCUT2D eigenvalue weighted by atomic mass is 16.3. The number of aryl methyl sites for hydroxylation is 4. The average Bonchev–Trinajstić information content (AvgIpc) is 2.98. The first kappa shape index (κ1) is 16.3. The molecular formula is C21H20N4O. The Morgan fingerprint density at radius 1 is 1.04 bits per heavy atom. The second-order valence-electron chi connectivity index (χ2n) is 6.53. The molecule has 4 aromatic rings. The maximum absolute atomic E-state index is 10.8. The molecule has 0 aromatic carbocycles. The summed E-state index contributed by atoms with van der Waals surface area (Å²) < 4.78 is 1.85. The van der Waals surface area contributed by atoms with Crippen molar-refractivity contribution in [2.75, 3.05) is 0 Å². The van der Waals surface area contributed by atoms with Crippen molar-refractivity contribution >= 4 is 10.9 Å². The maximum Gasteiger partial charge on any atom is 0.201 e. The van der Waals surface area contributed by atoms with Gasteiger partial charge in [-0.15, -0.1) is 0 Å². The zero-order valence-corrected chi connectivity index (χ0v) is 14.8. The second-order valence-corrected chi connectivity index (χ2v) is 6.53. The van der Waals surface area contributed by atoms with Crippen LogP contribution in [0.1, 0.15) is 16.8 Å². The molecule has 0 unspecified atom stereocenters. The molecule has 0 aliphatic heterocycles. The van der Waals surface area contributed by atoms with E-state index in [1.54, 1.807) is 18.6 Å². The summed E-state index contributed by atoms with van der Waals surface area (Å²) in [6.07, 6.45) is 9.82. The van der Waals surface area contributed by atoms with E-state index in [4.69, 9.17) is 0 Å². The molecule has 0 amide bonds. The van der Waals surface area contributed by atoms with E-state index in [1.807, 2.05) is 42.1 Å². The van der Waals surface area contributed by atoms with Crippen molar-refractivity contribution in [1.82, 2.24) is 19.5 Å². The summed E-state index contributed by atoms with van der Waals surface area (Å²) in [6, 6.07) is 7.93. The average molecular weight is 344 g/mol. The summed E-state index contributed by atoms with van der Waals surface area (Å²) in [7, 11) is 0. The van der Waals surface area contributed by atoms with Gasteiger partial charge >= 0.3 is 0 Å². The largest absolute Gasteiger partial charge is 0.494 e. The van der Waals surface area contributed by atoms with Crippen LogP contribution in [0.3, 0.4) is 0 Å². The van der Waals surface area contributed by atoms with Crippen LogP contribution in [0.5, 0.6) is 5.88 Å². The highest BCUT2D eigenvalue weighted by Crippen LogP contribution is 2.35. The molecule has 5 nitrogen and oxygen atoms in total. The van der Waals surface area contributed by atoms with Crippen molar-refractivity contribution in [2.45, 2.75) is 26.8 Å². The topological polar surface area (TPSA) is 63.8 Å². The van der Waals surface area contributed by atoms with Crippen molar-refractivity contribution in [2.24, 2.45) is 0 Å². The molecule has 0 saturated carbocycles. The third-order valence-electron chi connectivity index (χ3n) is 4.66. The molecule has 0 atom stereocenters. The SMILES string of the molecule is Cc1cnc(CCn2cc3nccc(-c4ccncc4)c3c2O)c(C)c1. The van der Waals surface area contributed by atoms with Gasteiger partial charge in [-0.1, -0.05) is 6.07 Å². The molecule has 5 heteroatoms. The molecule has 0 aliphatic rings. The van der Waals surface area contributed by atoms with Gasteiger partial charge in [0.2, 0.25) is 5.88 Å². The summed E-state index contributed by atoms with van der Waals surface area (Å²) in [6.45, 7) is 4.76. The standard InChI is InChI=1S/C21H20N4O/c1-14-11-15(2)18(24-12-14)6-10-25-13-19-20(21(25)26)17(5-9-23-19)16-3-7-22-8-4-16/h3-5,7-9,11-13,26H,6,10H2,1-2H3. The van der Waals surface area contributed by atoms with E-state index >= 15 is 0 Å². The van der Waals surface area contributed by atoms with Gasteiger partial charge in [-0.3, -0.25) is 15.0 Å². The number of aromatic hydroxyl groups is 1. The van der Waals surface area contributed by atoms with Crippen LogP contribution in [0.4, 0.5) is 0 Å². The van der Waals surface area contributed by atoms with E-state index in [0.29, 0.717) is 6.54 Å². The van der Waals surface area contributed by atoms with Gasteiger partial charge in [-0.05, 0) is 54.3 Å². The Kier molecular flexibility index (Phi) is 4.13. The third kappa shape index (κ3) is 2.92. The number of hydrogen-bond acceptors (Lipinski definition) is 4. The van der Waals surface area contributed by atoms with Gasteiger partial charge < -0.3 is 9.67 Å². The van der Waals surface area contributed by atoms with Gasteiger partial charge in [0, 0.05) is 49.6 Å². The Bertz CT molecular complexity index is 1070. The Labute approximate surface area is 152 Å². The maximum atomic E-state index is 10.8. The number of aromatic nitrogens is 4. The Hall–Kier alpha value is -3.21. The van der Waals surface area contributed by atoms with Gasteiger partial charge in [0.1, 0.15) is 0 Å². The van der Waals surface area contributed by atoms with Crippen LogP contribution >= 0.6 is 0 Å². The third-order valence-corrected chi connectivity index (χ3v) is 4.66. The number of fused-ring (bicyclic) bond motifs is 1. The predicted octanol–water partition coefficient (Wildman–Crippen LogP) is 4.06. The Morgan fingerprint density at radius 2 is 1.85 bits per heavy atom. The number of pyridine rings is 3. The first-order valence-electron chi connectivity index (χ1n) is 8.63. The lowest BCUT2D eigenvalue weighted by Crippen LogP contribution is -2.03. The summed E-state index contributed by atoms with van der Waals surface area (Å²) in [5.41, 5.74) is 6.14. The summed E-state index contributed by atoms with van der Waals surface area (Å²) in [4.78, 5) is 13.0. The van der Waals surface area contributed by atoms with Crippen molar-refractivity contribution in [3.63, 3.8) is 0 Å². The first-order valence-corrected chi connectivity index (χ1v) is 8.63. The van der Waals surface area contributed by atoms with Gasteiger partial charge in [0.05, 0.1) is 10.9 Å². The molecule has 0 saturated heterocycles. The normalized spacial score (nSPS) is 11.2. The van der Waals surface area contributed by atoms with Gasteiger partial charge in [0.25, 0.3) is 0 Å². The van der Waals surface area contributed by atoms with E-state index < -0.39 is 0 Å². The first-order chi connectivity index (χ1) is 12.6. The Balaban J connectivity index is 1.70. The fourth-order valence-electron chi connectivity index (χ4n) is 3.34. The molecule has 0 aliphatic carbocycles. The van der Waals surface area contributed by atoms with E-state index in [1.165, 1.54) is 5.56 Å². The molecular weight excluding hydrogens is 324 g/mol. The monoisotopic (exact) mass is 344 g/mol. The lowest BCUT2D eigenvalue weighted by Gasteiger charge is -2.08. The van der Waals surface area contributed by atoms with Gasteiger partial charge in [0.15, 0.2) is 0 Å². The lowest BCUT2D eigenvalue weighted by molar-refractivity contribution is 0.422. The smallest absolute Gasteiger partial charge is 0.201 e. The molecule has 4 aromatic heterocycles. The fraction of sp³-hybridized carbons (Fsp3) is 0.190. The van der Waals surface area contributed by atoms with Crippen LogP contribution in [-0.2, 0) is 13.0 Å². The number of nitrogens with zero attached hydrogens (tertiary/aromatic N) is 4. The molecule has 130 valence electrons. The van der Waals surface area contributed by atoms with Crippen LogP contribution in [0.25, 0.3) is 22.0 Å². The zero-order valence-electron chi connectivity index (χ0n) is 14.8. The molecule has 4 heterocycles. The molecule has 0 bridgehead atoms. The van der Waals surface area contributed by atoms with Crippen molar-refractivity contribution in [1.29, 1.82) is 0 Å². The van der Waals surface area contributed by atoms with Crippen LogP contribution in [0.2, 0.25) is 0 Å². The molecule has 0 spiro atoms. The lowest BCUT2D eigenvalue weighted by atomic mass is 10.1. The zero-order chi connectivity index (χ0) is 18.1. The quantitative estimate of drug-likeness (QED) is 0.606. The van der Waals surface area contributed by atoms with Crippen LogP contribution in [0, 0.1) is 13.8 Å². The fourth-order valence-corrected chi connectivity index (χ4v) is 3.34. The van der Waals surface area contributed by atoms with E-state index in [0.717, 1.165) is 39.7 Å². The molecule has 26 heavy (non-hydrogen) atoms. The molecule has 0 fully saturated rings.